The zero-order chi connectivity index (χ0) is 11.0. The molecule has 3 heteroatoms. The number of pyridine rings is 1. The monoisotopic (exact) mass is 276 g/mol. The first kappa shape index (κ1) is 10.1. The smallest absolute Gasteiger partial charge is 0.136 e. The molecule has 16 heavy (non-hydrogen) atoms. The molecule has 2 aromatic rings. The number of aromatic nitrogens is 1. The van der Waals surface area contributed by atoms with E-state index in [0.717, 1.165) is 18.9 Å². The fourth-order valence-corrected chi connectivity index (χ4v) is 2.82. The summed E-state index contributed by atoms with van der Waals surface area (Å²) >= 11 is 3.67. The van der Waals surface area contributed by atoms with Crippen LogP contribution in [0.2, 0.25) is 0 Å². The van der Waals surface area contributed by atoms with Crippen LogP contribution in [0.15, 0.2) is 36.5 Å². The molecule has 1 unspecified atom stereocenters. The molecule has 1 atom stereocenters. The molecular weight excluding hydrogens is 264 g/mol. The topological polar surface area (TPSA) is 16.1 Å². The molecule has 0 radical (unpaired) electrons. The van der Waals surface area contributed by atoms with Crippen molar-refractivity contribution in [2.75, 3.05) is 18.0 Å². The van der Waals surface area contributed by atoms with Gasteiger partial charge in [0.15, 0.2) is 0 Å². The van der Waals surface area contributed by atoms with E-state index >= 15 is 0 Å². The first-order valence-electron chi connectivity index (χ1n) is 5.57. The summed E-state index contributed by atoms with van der Waals surface area (Å²) in [5.74, 6) is 1.13. The van der Waals surface area contributed by atoms with Crippen LogP contribution in [0.5, 0.6) is 0 Å². The number of nitrogens with zero attached hydrogens (tertiary/aromatic N) is 2. The zero-order valence-corrected chi connectivity index (χ0v) is 10.5. The van der Waals surface area contributed by atoms with Gasteiger partial charge in [-0.2, -0.15) is 0 Å². The van der Waals surface area contributed by atoms with E-state index in [1.165, 1.54) is 17.2 Å². The van der Waals surface area contributed by atoms with Crippen molar-refractivity contribution in [3.63, 3.8) is 0 Å². The third kappa shape index (κ3) is 1.69. The molecule has 2 nitrogen and oxygen atoms in total. The quantitative estimate of drug-likeness (QED) is 0.744. The van der Waals surface area contributed by atoms with Gasteiger partial charge in [-0.05, 0) is 17.9 Å². The van der Waals surface area contributed by atoms with Crippen molar-refractivity contribution in [1.29, 1.82) is 0 Å². The normalized spacial score (nSPS) is 20.6. The van der Waals surface area contributed by atoms with Crippen LogP contribution in [0.4, 0.5) is 5.82 Å². The van der Waals surface area contributed by atoms with Gasteiger partial charge in [0.25, 0.3) is 0 Å². The maximum atomic E-state index is 4.53. The van der Waals surface area contributed by atoms with Crippen molar-refractivity contribution in [3.8, 4) is 0 Å². The van der Waals surface area contributed by atoms with Gasteiger partial charge in [-0.25, -0.2) is 4.98 Å². The number of hydrogen-bond donors (Lipinski definition) is 0. The first-order valence-corrected chi connectivity index (χ1v) is 6.49. The average molecular weight is 277 g/mol. The molecule has 0 N–H and O–H groups in total. The van der Waals surface area contributed by atoms with Gasteiger partial charge in [0, 0.05) is 29.5 Å². The van der Waals surface area contributed by atoms with E-state index in [2.05, 4.69) is 56.1 Å². The molecule has 3 rings (SSSR count). The predicted octanol–water partition coefficient (Wildman–Crippen LogP) is 3.21. The lowest BCUT2D eigenvalue weighted by molar-refractivity contribution is 0.946. The number of halogens is 1. The van der Waals surface area contributed by atoms with Gasteiger partial charge in [-0.3, -0.25) is 0 Å². The molecule has 0 aliphatic carbocycles. The van der Waals surface area contributed by atoms with Gasteiger partial charge in [-0.15, -0.1) is 0 Å². The molecule has 1 aromatic heterocycles. The molecule has 0 spiro atoms. The lowest BCUT2D eigenvalue weighted by atomic mass is 10.1. The van der Waals surface area contributed by atoms with Crippen LogP contribution in [0.1, 0.15) is 6.42 Å². The number of alkyl halides is 1. The SMILES string of the molecule is BrC1CCN(c2nccc3ccccc23)C1. The summed E-state index contributed by atoms with van der Waals surface area (Å²) in [7, 11) is 0. The highest BCUT2D eigenvalue weighted by atomic mass is 79.9. The molecule has 1 fully saturated rings. The first-order chi connectivity index (χ1) is 7.84. The van der Waals surface area contributed by atoms with Crippen LogP contribution < -0.4 is 4.90 Å². The summed E-state index contributed by atoms with van der Waals surface area (Å²) in [6, 6.07) is 10.5. The van der Waals surface area contributed by atoms with E-state index in [9.17, 15) is 0 Å². The van der Waals surface area contributed by atoms with Gasteiger partial charge in [0.1, 0.15) is 5.82 Å². The fraction of sp³-hybridized carbons (Fsp3) is 0.308. The fourth-order valence-electron chi connectivity index (χ4n) is 2.27. The molecule has 0 amide bonds. The Morgan fingerprint density at radius 1 is 1.25 bits per heavy atom. The van der Waals surface area contributed by atoms with Gasteiger partial charge in [-0.1, -0.05) is 40.2 Å². The Morgan fingerprint density at radius 3 is 2.94 bits per heavy atom. The summed E-state index contributed by atoms with van der Waals surface area (Å²) in [5.41, 5.74) is 0. The Kier molecular flexibility index (Phi) is 2.56. The summed E-state index contributed by atoms with van der Waals surface area (Å²) in [6.45, 7) is 2.15. The molecule has 2 heterocycles. The van der Waals surface area contributed by atoms with Gasteiger partial charge in [0.05, 0.1) is 0 Å². The number of anilines is 1. The number of benzene rings is 1. The van der Waals surface area contributed by atoms with Crippen LogP contribution >= 0.6 is 15.9 Å². The lowest BCUT2D eigenvalue weighted by Gasteiger charge is -2.18. The number of fused-ring (bicyclic) bond motifs is 1. The molecule has 0 saturated carbocycles. The average Bonchev–Trinajstić information content (AvgIpc) is 2.75. The van der Waals surface area contributed by atoms with Crippen LogP contribution in [0.3, 0.4) is 0 Å². The Balaban J connectivity index is 2.09. The zero-order valence-electron chi connectivity index (χ0n) is 8.94. The number of hydrogen-bond acceptors (Lipinski definition) is 2. The van der Waals surface area contributed by atoms with Crippen molar-refractivity contribution >= 4 is 32.5 Å². The van der Waals surface area contributed by atoms with E-state index < -0.39 is 0 Å². The van der Waals surface area contributed by atoms with E-state index in [4.69, 9.17) is 0 Å². The minimum absolute atomic E-state index is 0.605. The lowest BCUT2D eigenvalue weighted by Crippen LogP contribution is -2.20. The van der Waals surface area contributed by atoms with E-state index in [1.807, 2.05) is 6.20 Å². The molecule has 1 aliphatic rings. The van der Waals surface area contributed by atoms with Crippen molar-refractivity contribution < 1.29 is 0 Å². The standard InChI is InChI=1S/C13H13BrN2/c14-11-6-8-16(9-11)13-12-4-2-1-3-10(12)5-7-15-13/h1-5,7,11H,6,8-9H2. The van der Waals surface area contributed by atoms with Crippen molar-refractivity contribution in [2.24, 2.45) is 0 Å². The highest BCUT2D eigenvalue weighted by molar-refractivity contribution is 9.09. The second kappa shape index (κ2) is 4.06. The summed E-state index contributed by atoms with van der Waals surface area (Å²) < 4.78 is 0. The molecular formula is C13H13BrN2. The summed E-state index contributed by atoms with van der Waals surface area (Å²) in [5, 5.41) is 2.53. The summed E-state index contributed by atoms with van der Waals surface area (Å²) in [4.78, 5) is 7.50. The van der Waals surface area contributed by atoms with Gasteiger partial charge >= 0.3 is 0 Å². The third-order valence-corrected chi connectivity index (χ3v) is 3.83. The van der Waals surface area contributed by atoms with Crippen LogP contribution in [0.25, 0.3) is 10.8 Å². The highest BCUT2D eigenvalue weighted by Crippen LogP contribution is 2.28. The van der Waals surface area contributed by atoms with E-state index in [1.54, 1.807) is 0 Å². The largest absolute Gasteiger partial charge is 0.355 e. The van der Waals surface area contributed by atoms with Gasteiger partial charge < -0.3 is 4.90 Å². The highest BCUT2D eigenvalue weighted by Gasteiger charge is 2.22. The third-order valence-electron chi connectivity index (χ3n) is 3.08. The maximum absolute atomic E-state index is 4.53. The minimum atomic E-state index is 0.605. The predicted molar refractivity (Wildman–Crippen MR) is 71.3 cm³/mol. The van der Waals surface area contributed by atoms with Crippen LogP contribution in [-0.2, 0) is 0 Å². The Hall–Kier alpha value is -1.09. The maximum Gasteiger partial charge on any atom is 0.136 e. The number of rotatable bonds is 1. The van der Waals surface area contributed by atoms with Crippen molar-refractivity contribution in [3.05, 3.63) is 36.5 Å². The van der Waals surface area contributed by atoms with Crippen LogP contribution in [-0.4, -0.2) is 22.9 Å². The van der Waals surface area contributed by atoms with Crippen molar-refractivity contribution in [2.45, 2.75) is 11.2 Å². The minimum Gasteiger partial charge on any atom is -0.355 e. The summed E-state index contributed by atoms with van der Waals surface area (Å²) in [6.07, 6.45) is 3.10. The molecule has 82 valence electrons. The molecule has 1 aliphatic heterocycles. The molecule has 1 saturated heterocycles. The Labute approximate surface area is 103 Å². The van der Waals surface area contributed by atoms with E-state index in [-0.39, 0.29) is 0 Å². The molecule has 0 bridgehead atoms. The Bertz CT molecular complexity index is 507. The van der Waals surface area contributed by atoms with E-state index in [0.29, 0.717) is 4.83 Å². The van der Waals surface area contributed by atoms with Crippen molar-refractivity contribution in [1.82, 2.24) is 4.98 Å². The second-order valence-corrected chi connectivity index (χ2v) is 5.48. The molecule has 1 aromatic carbocycles. The van der Waals surface area contributed by atoms with Gasteiger partial charge in [0.2, 0.25) is 0 Å². The second-order valence-electron chi connectivity index (χ2n) is 4.19. The Morgan fingerprint density at radius 2 is 2.12 bits per heavy atom. The van der Waals surface area contributed by atoms with Crippen LogP contribution in [0, 0.1) is 0 Å².